The molecule has 3 atom stereocenters. The molecular formula is C24H35N3O4. The van der Waals surface area contributed by atoms with Crippen LogP contribution in [0.2, 0.25) is 0 Å². The highest BCUT2D eigenvalue weighted by molar-refractivity contribution is 5.85. The molecule has 0 amide bonds. The third-order valence-corrected chi connectivity index (χ3v) is 5.21. The average molecular weight is 430 g/mol. The van der Waals surface area contributed by atoms with Crippen molar-refractivity contribution >= 4 is 11.4 Å². The minimum absolute atomic E-state index is 0.235. The van der Waals surface area contributed by atoms with Crippen molar-refractivity contribution in [1.82, 2.24) is 9.97 Å². The van der Waals surface area contributed by atoms with Gasteiger partial charge in [0, 0.05) is 17.4 Å². The summed E-state index contributed by atoms with van der Waals surface area (Å²) in [6.07, 6.45) is 8.28. The zero-order chi connectivity index (χ0) is 23.4. The predicted molar refractivity (Wildman–Crippen MR) is 123 cm³/mol. The van der Waals surface area contributed by atoms with Crippen LogP contribution < -0.4 is 5.48 Å². The van der Waals surface area contributed by atoms with Gasteiger partial charge in [0.1, 0.15) is 12.4 Å². The van der Waals surface area contributed by atoms with Crippen molar-refractivity contribution in [2.75, 3.05) is 12.1 Å². The number of aromatic nitrogens is 2. The van der Waals surface area contributed by atoms with Crippen molar-refractivity contribution in [3.63, 3.8) is 0 Å². The molecule has 1 fully saturated rings. The lowest BCUT2D eigenvalue weighted by molar-refractivity contribution is -0.0208. The van der Waals surface area contributed by atoms with Gasteiger partial charge in [-0.25, -0.2) is 9.97 Å². The number of nitrogens with one attached hydrogen (secondary N) is 1. The van der Waals surface area contributed by atoms with Crippen molar-refractivity contribution in [3.8, 4) is 11.8 Å². The largest absolute Gasteiger partial charge is 0.394 e. The van der Waals surface area contributed by atoms with Crippen LogP contribution in [0.3, 0.4) is 0 Å². The number of rotatable bonds is 6. The van der Waals surface area contributed by atoms with Crippen LogP contribution >= 0.6 is 0 Å². The van der Waals surface area contributed by atoms with E-state index >= 15 is 0 Å². The quantitative estimate of drug-likeness (QED) is 0.310. The molecule has 2 heterocycles. The number of anilines is 1. The van der Waals surface area contributed by atoms with Gasteiger partial charge in [0.2, 0.25) is 0 Å². The minimum atomic E-state index is -0.757. The van der Waals surface area contributed by atoms with Crippen molar-refractivity contribution in [1.29, 1.82) is 0 Å². The lowest BCUT2D eigenvalue weighted by Crippen LogP contribution is -2.36. The fourth-order valence-electron chi connectivity index (χ4n) is 3.17. The third-order valence-electron chi connectivity index (χ3n) is 5.21. The highest BCUT2D eigenvalue weighted by Gasteiger charge is 2.48. The molecule has 1 aliphatic heterocycles. The molecule has 7 nitrogen and oxygen atoms in total. The monoisotopic (exact) mass is 429 g/mol. The van der Waals surface area contributed by atoms with Gasteiger partial charge in [-0.15, -0.1) is 6.58 Å². The summed E-state index contributed by atoms with van der Waals surface area (Å²) in [5.41, 5.74) is 3.48. The summed E-state index contributed by atoms with van der Waals surface area (Å²) < 4.78 is 5.83. The fourth-order valence-corrected chi connectivity index (χ4v) is 3.17. The number of hydrogen-bond acceptors (Lipinski definition) is 7. The Balaban J connectivity index is 0.00000110. The summed E-state index contributed by atoms with van der Waals surface area (Å²) in [6.45, 7) is 13.1. The Kier molecular flexibility index (Phi) is 11.2. The van der Waals surface area contributed by atoms with E-state index in [2.05, 4.69) is 33.9 Å². The molecule has 0 spiro atoms. The van der Waals surface area contributed by atoms with Gasteiger partial charge in [-0.05, 0) is 27.2 Å². The first-order valence-electron chi connectivity index (χ1n) is 10.3. The molecule has 4 N–H and O–H groups in total. The van der Waals surface area contributed by atoms with Crippen molar-refractivity contribution in [2.45, 2.75) is 65.8 Å². The third kappa shape index (κ3) is 7.01. The number of aliphatic hydroxyl groups excluding tert-OH is 2. The fraction of sp³-hybridized carbons (Fsp3) is 0.500. The molecule has 0 saturated carbocycles. The van der Waals surface area contributed by atoms with Crippen LogP contribution in [0.5, 0.6) is 0 Å². The Morgan fingerprint density at radius 2 is 2.00 bits per heavy atom. The Morgan fingerprint density at radius 1 is 1.32 bits per heavy atom. The number of aryl methyl sites for hydroxylation is 1. The molecular weight excluding hydrogens is 394 g/mol. The van der Waals surface area contributed by atoms with Gasteiger partial charge in [-0.1, -0.05) is 50.0 Å². The molecule has 2 unspecified atom stereocenters. The minimum Gasteiger partial charge on any atom is -0.394 e. The standard InChI is InChI=1S/C20H27N3O4.C4H8/c1-5-6-7-8-14(17-13(2)21-12-22-19(17)23-26)9-10-16-20(3,4)18(25)15(11-24)27-16;1-3-4-2/h5,9,12,15-16,18,24-26H,1,6,10-11H2,2-4H3,(H,21,22,23);3-4H,1-2H3/b14-9-;4-3-/t15?,16-,18?;/m0./s1. The molecule has 0 aliphatic carbocycles. The van der Waals surface area contributed by atoms with E-state index < -0.39 is 17.6 Å². The van der Waals surface area contributed by atoms with E-state index in [1.54, 1.807) is 6.08 Å². The molecule has 1 aliphatic rings. The van der Waals surface area contributed by atoms with Crippen molar-refractivity contribution in [3.05, 3.63) is 48.5 Å². The second kappa shape index (κ2) is 13.0. The number of aliphatic hydroxyl groups is 2. The molecule has 170 valence electrons. The van der Waals surface area contributed by atoms with Gasteiger partial charge in [-0.2, -0.15) is 0 Å². The van der Waals surface area contributed by atoms with Crippen LogP contribution in [-0.4, -0.2) is 50.3 Å². The lowest BCUT2D eigenvalue weighted by atomic mass is 9.80. The first-order valence-corrected chi connectivity index (χ1v) is 10.3. The van der Waals surface area contributed by atoms with E-state index in [4.69, 9.17) is 4.74 Å². The Hall–Kier alpha value is -2.50. The van der Waals surface area contributed by atoms with E-state index in [-0.39, 0.29) is 18.5 Å². The summed E-state index contributed by atoms with van der Waals surface area (Å²) in [5.74, 6) is 6.35. The first kappa shape index (κ1) is 26.5. The predicted octanol–water partition coefficient (Wildman–Crippen LogP) is 3.67. The molecule has 1 saturated heterocycles. The molecule has 1 aromatic rings. The highest BCUT2D eigenvalue weighted by atomic mass is 16.5. The lowest BCUT2D eigenvalue weighted by Gasteiger charge is -2.27. The Morgan fingerprint density at radius 3 is 2.52 bits per heavy atom. The van der Waals surface area contributed by atoms with Crippen LogP contribution in [0.15, 0.2) is 37.2 Å². The number of nitrogens with zero attached hydrogens (tertiary/aromatic N) is 2. The normalized spacial score (nSPS) is 22.3. The van der Waals surface area contributed by atoms with Crippen molar-refractivity contribution in [2.24, 2.45) is 5.41 Å². The second-order valence-corrected chi connectivity index (χ2v) is 7.72. The zero-order valence-electron chi connectivity index (χ0n) is 19.1. The van der Waals surface area contributed by atoms with Gasteiger partial charge < -0.3 is 14.9 Å². The molecule has 0 bridgehead atoms. The van der Waals surface area contributed by atoms with Gasteiger partial charge in [0.25, 0.3) is 0 Å². The molecule has 0 radical (unpaired) electrons. The van der Waals surface area contributed by atoms with Crippen molar-refractivity contribution < 1.29 is 20.2 Å². The van der Waals surface area contributed by atoms with Crippen LogP contribution in [0.25, 0.3) is 5.57 Å². The highest BCUT2D eigenvalue weighted by Crippen LogP contribution is 2.40. The van der Waals surface area contributed by atoms with E-state index in [9.17, 15) is 15.4 Å². The molecule has 2 rings (SSSR count). The number of ether oxygens (including phenoxy) is 1. The number of hydrogen-bond donors (Lipinski definition) is 4. The average Bonchev–Trinajstić information content (AvgIpc) is 2.99. The molecule has 7 heteroatoms. The van der Waals surface area contributed by atoms with Crippen LogP contribution in [0.1, 0.15) is 51.8 Å². The Bertz CT molecular complexity index is 833. The van der Waals surface area contributed by atoms with Gasteiger partial charge in [0.05, 0.1) is 30.1 Å². The van der Waals surface area contributed by atoms with Crippen LogP contribution in [-0.2, 0) is 4.74 Å². The smallest absolute Gasteiger partial charge is 0.161 e. The van der Waals surface area contributed by atoms with E-state index in [1.807, 2.05) is 52.8 Å². The van der Waals surface area contributed by atoms with Gasteiger partial charge in [0.15, 0.2) is 5.82 Å². The zero-order valence-corrected chi connectivity index (χ0v) is 19.1. The van der Waals surface area contributed by atoms with Gasteiger partial charge >= 0.3 is 0 Å². The Labute approximate surface area is 185 Å². The summed E-state index contributed by atoms with van der Waals surface area (Å²) in [4.78, 5) is 8.23. The molecule has 0 aromatic carbocycles. The van der Waals surface area contributed by atoms with E-state index in [0.717, 1.165) is 0 Å². The SMILES string of the molecule is C/C=C\C.C=CCC#C/C(=C/C[C@@H]1OC(CO)C(O)C1(C)C)c1c(C)ncnc1NO. The maximum Gasteiger partial charge on any atom is 0.161 e. The van der Waals surface area contributed by atoms with Gasteiger partial charge in [-0.3, -0.25) is 10.7 Å². The molecule has 1 aromatic heterocycles. The van der Waals surface area contributed by atoms with E-state index in [1.165, 1.54) is 6.33 Å². The molecule has 31 heavy (non-hydrogen) atoms. The maximum absolute atomic E-state index is 10.4. The summed E-state index contributed by atoms with van der Waals surface area (Å²) in [6, 6.07) is 0. The second-order valence-electron chi connectivity index (χ2n) is 7.72. The number of allylic oxidation sites excluding steroid dienone is 4. The van der Waals surface area contributed by atoms with E-state index in [0.29, 0.717) is 29.7 Å². The topological polar surface area (TPSA) is 108 Å². The first-order chi connectivity index (χ1) is 14.8. The van der Waals surface area contributed by atoms with Crippen LogP contribution in [0.4, 0.5) is 5.82 Å². The summed E-state index contributed by atoms with van der Waals surface area (Å²) in [5, 5.41) is 29.2. The summed E-state index contributed by atoms with van der Waals surface area (Å²) >= 11 is 0. The van der Waals surface area contributed by atoms with Crippen LogP contribution in [0, 0.1) is 24.2 Å². The maximum atomic E-state index is 10.4. The summed E-state index contributed by atoms with van der Waals surface area (Å²) in [7, 11) is 0.